The van der Waals surface area contributed by atoms with Gasteiger partial charge in [-0.1, -0.05) is 17.7 Å². The van der Waals surface area contributed by atoms with Crippen LogP contribution < -0.4 is 5.32 Å². The van der Waals surface area contributed by atoms with Gasteiger partial charge in [0.25, 0.3) is 0 Å². The van der Waals surface area contributed by atoms with Crippen LogP contribution in [0.25, 0.3) is 0 Å². The fourth-order valence-corrected chi connectivity index (χ4v) is 2.67. The summed E-state index contributed by atoms with van der Waals surface area (Å²) in [5.74, 6) is -0.878. The molecule has 0 aliphatic carbocycles. The van der Waals surface area contributed by atoms with Crippen molar-refractivity contribution in [2.24, 2.45) is 0 Å². The number of aryl methyl sites for hydroxylation is 1. The highest BCUT2D eigenvalue weighted by Crippen LogP contribution is 2.23. The van der Waals surface area contributed by atoms with E-state index in [1.807, 2.05) is 31.2 Å². The van der Waals surface area contributed by atoms with Gasteiger partial charge in [-0.15, -0.1) is 11.3 Å². The van der Waals surface area contributed by atoms with E-state index in [0.717, 1.165) is 16.1 Å². The summed E-state index contributed by atoms with van der Waals surface area (Å²) in [5, 5.41) is 12.8. The monoisotopic (exact) mass is 281 g/mol. The van der Waals surface area contributed by atoms with Crippen LogP contribution in [0, 0.1) is 6.92 Å². The Hall–Kier alpha value is -1.52. The summed E-state index contributed by atoms with van der Waals surface area (Å²) in [6.07, 6.45) is 0. The lowest BCUT2D eigenvalue weighted by Gasteiger charge is -2.06. The van der Waals surface area contributed by atoms with Crippen LogP contribution in [0.4, 0.5) is 5.69 Å². The van der Waals surface area contributed by atoms with Crippen LogP contribution in [-0.4, -0.2) is 11.1 Å². The Morgan fingerprint density at radius 3 is 2.83 bits per heavy atom. The molecule has 0 spiro atoms. The van der Waals surface area contributed by atoms with Crippen molar-refractivity contribution in [1.29, 1.82) is 0 Å². The predicted octanol–water partition coefficient (Wildman–Crippen LogP) is 4.02. The number of rotatable bonds is 4. The molecule has 2 rings (SSSR count). The number of carboxylic acid groups (broad SMARTS) is 1. The van der Waals surface area contributed by atoms with Gasteiger partial charge in [0.05, 0.1) is 0 Å². The van der Waals surface area contributed by atoms with E-state index in [9.17, 15) is 4.79 Å². The molecule has 3 nitrogen and oxygen atoms in total. The van der Waals surface area contributed by atoms with E-state index in [4.69, 9.17) is 16.7 Å². The molecular formula is C13H12ClNO2S. The quantitative estimate of drug-likeness (QED) is 0.890. The van der Waals surface area contributed by atoms with E-state index in [0.29, 0.717) is 16.4 Å². The van der Waals surface area contributed by atoms with Crippen LogP contribution in [0.2, 0.25) is 5.02 Å². The molecule has 0 amide bonds. The van der Waals surface area contributed by atoms with E-state index in [-0.39, 0.29) is 0 Å². The maximum absolute atomic E-state index is 10.9. The van der Waals surface area contributed by atoms with Gasteiger partial charge >= 0.3 is 5.97 Å². The number of thiophene rings is 1. The summed E-state index contributed by atoms with van der Waals surface area (Å²) in [4.78, 5) is 12.2. The number of hydrogen-bond acceptors (Lipinski definition) is 3. The Bertz CT molecular complexity index is 580. The SMILES string of the molecule is Cc1sc(C(=O)O)cc1CNc1cccc(Cl)c1. The summed E-state index contributed by atoms with van der Waals surface area (Å²) in [5.41, 5.74) is 1.92. The van der Waals surface area contributed by atoms with Crippen LogP contribution in [0.15, 0.2) is 30.3 Å². The van der Waals surface area contributed by atoms with Crippen molar-refractivity contribution in [3.63, 3.8) is 0 Å². The first-order valence-electron chi connectivity index (χ1n) is 5.38. The number of nitrogens with one attached hydrogen (secondary N) is 1. The first kappa shape index (κ1) is 12.9. The molecule has 5 heteroatoms. The Labute approximate surface area is 114 Å². The number of carboxylic acids is 1. The third kappa shape index (κ3) is 3.03. The molecular weight excluding hydrogens is 270 g/mol. The second kappa shape index (κ2) is 5.42. The van der Waals surface area contributed by atoms with Crippen LogP contribution in [0.5, 0.6) is 0 Å². The number of hydrogen-bond donors (Lipinski definition) is 2. The molecule has 0 atom stereocenters. The molecule has 1 aromatic heterocycles. The van der Waals surface area contributed by atoms with Crippen LogP contribution >= 0.6 is 22.9 Å². The third-order valence-electron chi connectivity index (χ3n) is 2.54. The van der Waals surface area contributed by atoms with Gasteiger partial charge in [-0.2, -0.15) is 0 Å². The normalized spacial score (nSPS) is 10.3. The molecule has 1 aromatic carbocycles. The molecule has 0 saturated heterocycles. The second-order valence-electron chi connectivity index (χ2n) is 3.86. The highest BCUT2D eigenvalue weighted by atomic mass is 35.5. The second-order valence-corrected chi connectivity index (χ2v) is 5.55. The van der Waals surface area contributed by atoms with E-state index in [2.05, 4.69) is 5.32 Å². The summed E-state index contributed by atoms with van der Waals surface area (Å²) in [6, 6.07) is 9.14. The van der Waals surface area contributed by atoms with E-state index < -0.39 is 5.97 Å². The molecule has 2 aromatic rings. The van der Waals surface area contributed by atoms with Gasteiger partial charge in [-0.05, 0) is 36.8 Å². The van der Waals surface area contributed by atoms with Gasteiger partial charge in [0, 0.05) is 22.1 Å². The molecule has 18 heavy (non-hydrogen) atoms. The fourth-order valence-electron chi connectivity index (χ4n) is 1.60. The first-order chi connectivity index (χ1) is 8.56. The predicted molar refractivity (Wildman–Crippen MR) is 74.8 cm³/mol. The Kier molecular flexibility index (Phi) is 3.89. The smallest absolute Gasteiger partial charge is 0.345 e. The Balaban J connectivity index is 2.08. The van der Waals surface area contributed by atoms with Gasteiger partial charge in [0.1, 0.15) is 4.88 Å². The van der Waals surface area contributed by atoms with Gasteiger partial charge in [0.2, 0.25) is 0 Å². The first-order valence-corrected chi connectivity index (χ1v) is 6.58. The lowest BCUT2D eigenvalue weighted by molar-refractivity contribution is 0.0702. The van der Waals surface area contributed by atoms with Gasteiger partial charge in [-0.3, -0.25) is 0 Å². The van der Waals surface area contributed by atoms with Gasteiger partial charge in [0.15, 0.2) is 0 Å². The molecule has 2 N–H and O–H groups in total. The minimum atomic E-state index is -0.878. The summed E-state index contributed by atoms with van der Waals surface area (Å²) >= 11 is 7.18. The van der Waals surface area contributed by atoms with Crippen molar-refractivity contribution in [3.8, 4) is 0 Å². The molecule has 0 radical (unpaired) electrons. The molecule has 0 unspecified atom stereocenters. The maximum Gasteiger partial charge on any atom is 0.345 e. The van der Waals surface area contributed by atoms with Crippen molar-refractivity contribution in [1.82, 2.24) is 0 Å². The summed E-state index contributed by atoms with van der Waals surface area (Å²) in [6.45, 7) is 2.52. The van der Waals surface area contributed by atoms with Crippen molar-refractivity contribution in [2.45, 2.75) is 13.5 Å². The van der Waals surface area contributed by atoms with Crippen molar-refractivity contribution >= 4 is 34.6 Å². The fraction of sp³-hybridized carbons (Fsp3) is 0.154. The number of halogens is 1. The molecule has 0 aliphatic rings. The minimum Gasteiger partial charge on any atom is -0.477 e. The molecule has 0 fully saturated rings. The van der Waals surface area contributed by atoms with Crippen molar-refractivity contribution in [3.05, 3.63) is 50.7 Å². The zero-order chi connectivity index (χ0) is 13.1. The summed E-state index contributed by atoms with van der Waals surface area (Å²) < 4.78 is 0. The third-order valence-corrected chi connectivity index (χ3v) is 3.85. The summed E-state index contributed by atoms with van der Waals surface area (Å²) in [7, 11) is 0. The number of carbonyl (C=O) groups is 1. The molecule has 1 heterocycles. The van der Waals surface area contributed by atoms with E-state index in [1.54, 1.807) is 6.07 Å². The number of aromatic carboxylic acids is 1. The highest BCUT2D eigenvalue weighted by Gasteiger charge is 2.10. The zero-order valence-electron chi connectivity index (χ0n) is 9.74. The van der Waals surface area contributed by atoms with Crippen molar-refractivity contribution < 1.29 is 9.90 Å². The number of anilines is 1. The highest BCUT2D eigenvalue weighted by molar-refractivity contribution is 7.14. The topological polar surface area (TPSA) is 49.3 Å². The molecule has 0 aliphatic heterocycles. The van der Waals surface area contributed by atoms with Crippen molar-refractivity contribution in [2.75, 3.05) is 5.32 Å². The molecule has 0 saturated carbocycles. The zero-order valence-corrected chi connectivity index (χ0v) is 11.3. The maximum atomic E-state index is 10.9. The Morgan fingerprint density at radius 1 is 1.44 bits per heavy atom. The van der Waals surface area contributed by atoms with Crippen LogP contribution in [0.3, 0.4) is 0 Å². The molecule has 94 valence electrons. The average molecular weight is 282 g/mol. The van der Waals surface area contributed by atoms with Gasteiger partial charge < -0.3 is 10.4 Å². The van der Waals surface area contributed by atoms with E-state index >= 15 is 0 Å². The number of benzene rings is 1. The van der Waals surface area contributed by atoms with E-state index in [1.165, 1.54) is 11.3 Å². The lowest BCUT2D eigenvalue weighted by atomic mass is 10.2. The Morgan fingerprint density at radius 2 is 2.22 bits per heavy atom. The average Bonchev–Trinajstić information content (AvgIpc) is 2.68. The minimum absolute atomic E-state index is 0.371. The largest absolute Gasteiger partial charge is 0.477 e. The van der Waals surface area contributed by atoms with Gasteiger partial charge in [-0.25, -0.2) is 4.79 Å². The lowest BCUT2D eigenvalue weighted by Crippen LogP contribution is -1.99. The van der Waals surface area contributed by atoms with Crippen LogP contribution in [-0.2, 0) is 6.54 Å². The van der Waals surface area contributed by atoms with Crippen LogP contribution in [0.1, 0.15) is 20.1 Å². The molecule has 0 bridgehead atoms. The standard InChI is InChI=1S/C13H12ClNO2S/c1-8-9(5-12(18-8)13(16)17)7-15-11-4-2-3-10(14)6-11/h2-6,15H,7H2,1H3,(H,16,17).